The monoisotopic (exact) mass is 442 g/mol. The van der Waals surface area contributed by atoms with Crippen molar-refractivity contribution in [3.63, 3.8) is 0 Å². The molecule has 2 unspecified atom stereocenters. The van der Waals surface area contributed by atoms with Crippen molar-refractivity contribution in [2.24, 2.45) is 17.8 Å². The maximum absolute atomic E-state index is 12.3. The number of fused-ring (bicyclic) bond motifs is 2. The van der Waals surface area contributed by atoms with E-state index in [0.717, 1.165) is 42.2 Å². The van der Waals surface area contributed by atoms with Crippen LogP contribution in [0, 0.1) is 17.8 Å². The van der Waals surface area contributed by atoms with Crippen molar-refractivity contribution < 1.29 is 19.4 Å². The second-order valence-corrected chi connectivity index (χ2v) is 9.15. The number of hydrogen-bond donors (Lipinski definition) is 1. The van der Waals surface area contributed by atoms with Crippen LogP contribution in [0.25, 0.3) is 11.1 Å². The summed E-state index contributed by atoms with van der Waals surface area (Å²) in [7, 11) is 0. The third-order valence-electron chi connectivity index (χ3n) is 7.20. The highest BCUT2D eigenvalue weighted by Crippen LogP contribution is 2.53. The number of nitrogens with zero attached hydrogens (tertiary/aromatic N) is 2. The number of rotatable bonds is 6. The van der Waals surface area contributed by atoms with Crippen LogP contribution in [0.4, 0.5) is 10.5 Å². The maximum Gasteiger partial charge on any atom is 0.411 e. The Labute approximate surface area is 193 Å². The van der Waals surface area contributed by atoms with Gasteiger partial charge in [0.2, 0.25) is 6.79 Å². The molecule has 6 rings (SSSR count). The first-order valence-corrected chi connectivity index (χ1v) is 11.4. The molecule has 1 saturated carbocycles. The van der Waals surface area contributed by atoms with E-state index >= 15 is 0 Å². The molecule has 2 fully saturated rings. The number of carboxylic acid groups (broad SMARTS) is 1. The summed E-state index contributed by atoms with van der Waals surface area (Å²) in [5.41, 5.74) is 3.86. The first kappa shape index (κ1) is 20.1. The topological polar surface area (TPSA) is 62.2 Å². The Morgan fingerprint density at radius 2 is 1.67 bits per heavy atom. The molecule has 33 heavy (non-hydrogen) atoms. The predicted octanol–water partition coefficient (Wildman–Crippen LogP) is 4.94. The van der Waals surface area contributed by atoms with Crippen LogP contribution in [-0.2, 0) is 6.54 Å². The van der Waals surface area contributed by atoms with Crippen LogP contribution in [0.5, 0.6) is 11.5 Å². The van der Waals surface area contributed by atoms with Gasteiger partial charge < -0.3 is 14.6 Å². The molecule has 168 valence electrons. The molecule has 2 heterocycles. The summed E-state index contributed by atoms with van der Waals surface area (Å²) in [4.78, 5) is 16.4. The van der Waals surface area contributed by atoms with Crippen LogP contribution in [0.3, 0.4) is 0 Å². The smallest absolute Gasteiger partial charge is 0.411 e. The van der Waals surface area contributed by atoms with Gasteiger partial charge in [0, 0.05) is 31.7 Å². The lowest BCUT2D eigenvalue weighted by Gasteiger charge is -2.25. The predicted molar refractivity (Wildman–Crippen MR) is 126 cm³/mol. The van der Waals surface area contributed by atoms with E-state index in [1.807, 2.05) is 48.5 Å². The minimum absolute atomic E-state index is 0.216. The van der Waals surface area contributed by atoms with Gasteiger partial charge in [-0.3, -0.25) is 9.80 Å². The van der Waals surface area contributed by atoms with Crippen molar-refractivity contribution in [2.45, 2.75) is 6.54 Å². The Bertz CT molecular complexity index is 1170. The van der Waals surface area contributed by atoms with Crippen LogP contribution in [0.1, 0.15) is 5.56 Å². The Morgan fingerprint density at radius 1 is 0.939 bits per heavy atom. The summed E-state index contributed by atoms with van der Waals surface area (Å²) >= 11 is 0. The van der Waals surface area contributed by atoms with Gasteiger partial charge in [-0.05, 0) is 47.1 Å². The molecule has 6 heteroatoms. The van der Waals surface area contributed by atoms with Gasteiger partial charge in [-0.25, -0.2) is 4.79 Å². The molecule has 3 aromatic rings. The van der Waals surface area contributed by atoms with E-state index < -0.39 is 6.09 Å². The summed E-state index contributed by atoms with van der Waals surface area (Å²) in [5.74, 6) is 2.98. The SMILES string of the molecule is O=C(O)N(CC1C2CN(Cc3ccccc3)CC21)c1ccccc1-c1ccc2c(c1)OCO2. The Morgan fingerprint density at radius 3 is 2.45 bits per heavy atom. The molecule has 3 aromatic carbocycles. The van der Waals surface area contributed by atoms with E-state index in [9.17, 15) is 9.90 Å². The first-order valence-electron chi connectivity index (χ1n) is 11.4. The van der Waals surface area contributed by atoms with Gasteiger partial charge in [0.25, 0.3) is 0 Å². The number of ether oxygens (including phenoxy) is 2. The second-order valence-electron chi connectivity index (χ2n) is 9.15. The highest BCUT2D eigenvalue weighted by atomic mass is 16.7. The molecule has 0 bridgehead atoms. The normalized spacial score (nSPS) is 22.7. The third kappa shape index (κ3) is 3.80. The average Bonchev–Trinajstić information content (AvgIpc) is 3.18. The summed E-state index contributed by atoms with van der Waals surface area (Å²) in [6, 6.07) is 24.0. The summed E-state index contributed by atoms with van der Waals surface area (Å²) in [6.07, 6.45) is -0.908. The fourth-order valence-electron chi connectivity index (χ4n) is 5.49. The van der Waals surface area contributed by atoms with Gasteiger partial charge in [0.05, 0.1) is 5.69 Å². The molecule has 0 spiro atoms. The van der Waals surface area contributed by atoms with Crippen molar-refractivity contribution in [1.29, 1.82) is 0 Å². The molecule has 0 radical (unpaired) electrons. The second kappa shape index (κ2) is 8.12. The van der Waals surface area contributed by atoms with Crippen molar-refractivity contribution >= 4 is 11.8 Å². The summed E-state index contributed by atoms with van der Waals surface area (Å²) < 4.78 is 11.0. The highest BCUT2D eigenvalue weighted by molar-refractivity contribution is 5.93. The number of piperidine rings is 1. The van der Waals surface area contributed by atoms with Gasteiger partial charge in [-0.15, -0.1) is 0 Å². The maximum atomic E-state index is 12.3. The van der Waals surface area contributed by atoms with Crippen molar-refractivity contribution in [2.75, 3.05) is 31.3 Å². The zero-order valence-electron chi connectivity index (χ0n) is 18.3. The van der Waals surface area contributed by atoms with E-state index in [2.05, 4.69) is 29.2 Å². The number of carbonyl (C=O) groups is 1. The number of benzene rings is 3. The molecular formula is C27H26N2O4. The zero-order chi connectivity index (χ0) is 22.4. The number of likely N-dealkylation sites (tertiary alicyclic amines) is 1. The molecule has 2 atom stereocenters. The standard InChI is InChI=1S/C27H26N2O4/c30-27(31)29(16-23-21-14-28(15-22(21)23)13-18-6-2-1-3-7-18)24-9-5-4-8-20(24)19-10-11-25-26(12-19)33-17-32-25/h1-12,21-23H,13-17H2,(H,30,31). The Balaban J connectivity index is 1.18. The molecule has 1 N–H and O–H groups in total. The molecule has 2 aliphatic heterocycles. The summed E-state index contributed by atoms with van der Waals surface area (Å²) in [6.45, 7) is 3.80. The zero-order valence-corrected chi connectivity index (χ0v) is 18.3. The Kier molecular flexibility index (Phi) is 4.95. The van der Waals surface area contributed by atoms with Gasteiger partial charge in [0.1, 0.15) is 0 Å². The van der Waals surface area contributed by atoms with Crippen LogP contribution >= 0.6 is 0 Å². The minimum atomic E-state index is -0.908. The number of amides is 1. The number of para-hydroxylation sites is 1. The van der Waals surface area contributed by atoms with Crippen molar-refractivity contribution in [3.05, 3.63) is 78.4 Å². The van der Waals surface area contributed by atoms with Gasteiger partial charge >= 0.3 is 6.09 Å². The molecule has 1 amide bonds. The van der Waals surface area contributed by atoms with Crippen LogP contribution < -0.4 is 14.4 Å². The van der Waals surface area contributed by atoms with E-state index in [1.54, 1.807) is 0 Å². The largest absolute Gasteiger partial charge is 0.465 e. The van der Waals surface area contributed by atoms with E-state index in [0.29, 0.717) is 30.0 Å². The fraction of sp³-hybridized carbons (Fsp3) is 0.296. The lowest BCUT2D eigenvalue weighted by atomic mass is 10.0. The summed E-state index contributed by atoms with van der Waals surface area (Å²) in [5, 5.41) is 10.1. The quantitative estimate of drug-likeness (QED) is 0.586. The van der Waals surface area contributed by atoms with Crippen molar-refractivity contribution in [3.8, 4) is 22.6 Å². The number of hydrogen-bond acceptors (Lipinski definition) is 4. The molecule has 0 aromatic heterocycles. The number of anilines is 1. The Hall–Kier alpha value is -3.51. The van der Waals surface area contributed by atoms with E-state index in [1.165, 1.54) is 10.5 Å². The minimum Gasteiger partial charge on any atom is -0.465 e. The molecule has 3 aliphatic rings. The molecule has 1 aliphatic carbocycles. The first-order chi connectivity index (χ1) is 16.2. The highest BCUT2D eigenvalue weighted by Gasteiger charge is 2.56. The third-order valence-corrected chi connectivity index (χ3v) is 7.20. The van der Waals surface area contributed by atoms with E-state index in [4.69, 9.17) is 9.47 Å². The van der Waals surface area contributed by atoms with Crippen LogP contribution in [0.2, 0.25) is 0 Å². The van der Waals surface area contributed by atoms with Gasteiger partial charge in [-0.1, -0.05) is 54.6 Å². The van der Waals surface area contributed by atoms with Gasteiger partial charge in [0.15, 0.2) is 11.5 Å². The van der Waals surface area contributed by atoms with E-state index in [-0.39, 0.29) is 6.79 Å². The lowest BCUT2D eigenvalue weighted by molar-refractivity contribution is 0.174. The van der Waals surface area contributed by atoms with Crippen LogP contribution in [-0.4, -0.2) is 42.5 Å². The molecular weight excluding hydrogens is 416 g/mol. The average molecular weight is 443 g/mol. The van der Waals surface area contributed by atoms with Crippen LogP contribution in [0.15, 0.2) is 72.8 Å². The lowest BCUT2D eigenvalue weighted by Crippen LogP contribution is -2.34. The molecule has 6 nitrogen and oxygen atoms in total. The van der Waals surface area contributed by atoms with Gasteiger partial charge in [-0.2, -0.15) is 0 Å². The fourth-order valence-corrected chi connectivity index (χ4v) is 5.49. The van der Waals surface area contributed by atoms with Crippen molar-refractivity contribution in [1.82, 2.24) is 4.90 Å². The molecule has 1 saturated heterocycles.